The van der Waals surface area contributed by atoms with Crippen LogP contribution < -0.4 is 5.73 Å². The van der Waals surface area contributed by atoms with Gasteiger partial charge < -0.3 is 10.8 Å². The second kappa shape index (κ2) is 6.12. The highest BCUT2D eigenvalue weighted by Crippen LogP contribution is 2.27. The van der Waals surface area contributed by atoms with Crippen LogP contribution in [0.15, 0.2) is 16.3 Å². The van der Waals surface area contributed by atoms with Crippen LogP contribution >= 0.6 is 11.3 Å². The van der Waals surface area contributed by atoms with E-state index in [9.17, 15) is 18.0 Å². The standard InChI is InChI=1S/C12H16N2O5S2/c13-11(15)5-8-1-3-14(4-2-8)21(18,19)9-6-10(12(16)17)20-7-9/h6-8H,1-5H2,(H2,13,15)(H,16,17). The van der Waals surface area contributed by atoms with Gasteiger partial charge in [0.1, 0.15) is 4.88 Å². The van der Waals surface area contributed by atoms with Crippen LogP contribution in [0.5, 0.6) is 0 Å². The number of carbonyl (C=O) groups excluding carboxylic acids is 1. The van der Waals surface area contributed by atoms with Gasteiger partial charge in [0.05, 0.1) is 4.90 Å². The molecule has 0 aromatic carbocycles. The van der Waals surface area contributed by atoms with Gasteiger partial charge in [0.25, 0.3) is 0 Å². The van der Waals surface area contributed by atoms with E-state index in [0.717, 1.165) is 11.3 Å². The Hall–Kier alpha value is -1.45. The molecule has 0 atom stereocenters. The highest BCUT2D eigenvalue weighted by atomic mass is 32.2. The van der Waals surface area contributed by atoms with Crippen molar-refractivity contribution in [1.29, 1.82) is 0 Å². The second-order valence-electron chi connectivity index (χ2n) is 4.97. The van der Waals surface area contributed by atoms with Crippen molar-refractivity contribution in [1.82, 2.24) is 4.31 Å². The Morgan fingerprint density at radius 3 is 2.48 bits per heavy atom. The third-order valence-electron chi connectivity index (χ3n) is 3.49. The number of carbonyl (C=O) groups is 2. The quantitative estimate of drug-likeness (QED) is 0.824. The van der Waals surface area contributed by atoms with E-state index < -0.39 is 16.0 Å². The Morgan fingerprint density at radius 1 is 1.38 bits per heavy atom. The first kappa shape index (κ1) is 15.9. The number of nitrogens with zero attached hydrogens (tertiary/aromatic N) is 1. The molecule has 0 spiro atoms. The molecule has 116 valence electrons. The zero-order valence-electron chi connectivity index (χ0n) is 11.2. The number of primary amides is 1. The Kier molecular flexibility index (Phi) is 4.64. The first-order chi connectivity index (χ1) is 9.80. The predicted octanol–water partition coefficient (Wildman–Crippen LogP) is 0.722. The van der Waals surface area contributed by atoms with Crippen molar-refractivity contribution in [2.75, 3.05) is 13.1 Å². The van der Waals surface area contributed by atoms with Crippen LogP contribution in [0.25, 0.3) is 0 Å². The third-order valence-corrected chi connectivity index (χ3v) is 6.43. The van der Waals surface area contributed by atoms with Crippen LogP contribution in [-0.2, 0) is 14.8 Å². The zero-order chi connectivity index (χ0) is 15.6. The molecule has 1 amide bonds. The molecule has 0 bridgehead atoms. The monoisotopic (exact) mass is 332 g/mol. The van der Waals surface area contributed by atoms with E-state index in [4.69, 9.17) is 10.8 Å². The first-order valence-electron chi connectivity index (χ1n) is 6.41. The Labute approximate surface area is 126 Å². The molecule has 1 fully saturated rings. The van der Waals surface area contributed by atoms with Crippen molar-refractivity contribution >= 4 is 33.2 Å². The number of hydrogen-bond acceptors (Lipinski definition) is 5. The van der Waals surface area contributed by atoms with Crippen LogP contribution in [0, 0.1) is 5.92 Å². The van der Waals surface area contributed by atoms with E-state index in [-0.39, 0.29) is 28.0 Å². The van der Waals surface area contributed by atoms with E-state index in [0.29, 0.717) is 25.9 Å². The number of carboxylic acid groups (broad SMARTS) is 1. The average molecular weight is 332 g/mol. The number of piperidine rings is 1. The third kappa shape index (κ3) is 3.60. The lowest BCUT2D eigenvalue weighted by Gasteiger charge is -2.30. The number of rotatable bonds is 5. The van der Waals surface area contributed by atoms with Gasteiger partial charge in [-0.3, -0.25) is 4.79 Å². The molecule has 2 rings (SSSR count). The molecule has 7 nitrogen and oxygen atoms in total. The fourth-order valence-electron chi connectivity index (χ4n) is 2.35. The number of carboxylic acids is 1. The molecule has 21 heavy (non-hydrogen) atoms. The molecule has 3 N–H and O–H groups in total. The minimum Gasteiger partial charge on any atom is -0.477 e. The van der Waals surface area contributed by atoms with E-state index >= 15 is 0 Å². The number of hydrogen-bond donors (Lipinski definition) is 2. The van der Waals surface area contributed by atoms with Crippen LogP contribution in [0.2, 0.25) is 0 Å². The van der Waals surface area contributed by atoms with Crippen molar-refractivity contribution in [3.63, 3.8) is 0 Å². The molecular weight excluding hydrogens is 316 g/mol. The lowest BCUT2D eigenvalue weighted by atomic mass is 9.94. The lowest BCUT2D eigenvalue weighted by molar-refractivity contribution is -0.119. The van der Waals surface area contributed by atoms with Gasteiger partial charge in [0.15, 0.2) is 0 Å². The molecule has 0 radical (unpaired) electrons. The summed E-state index contributed by atoms with van der Waals surface area (Å²) in [4.78, 5) is 21.7. The molecule has 0 unspecified atom stereocenters. The normalized spacial score (nSPS) is 17.7. The summed E-state index contributed by atoms with van der Waals surface area (Å²) in [6, 6.07) is 1.18. The molecule has 1 aliphatic rings. The van der Waals surface area contributed by atoms with Crippen molar-refractivity contribution in [3.8, 4) is 0 Å². The molecule has 1 aromatic rings. The fraction of sp³-hybridized carbons (Fsp3) is 0.500. The SMILES string of the molecule is NC(=O)CC1CCN(S(=O)(=O)c2csc(C(=O)O)c2)CC1. The largest absolute Gasteiger partial charge is 0.477 e. The zero-order valence-corrected chi connectivity index (χ0v) is 12.8. The summed E-state index contributed by atoms with van der Waals surface area (Å²) in [7, 11) is -3.66. The summed E-state index contributed by atoms with van der Waals surface area (Å²) in [6.45, 7) is 0.636. The van der Waals surface area contributed by atoms with Gasteiger partial charge in [-0.05, 0) is 24.8 Å². The maximum absolute atomic E-state index is 12.4. The molecule has 1 aromatic heterocycles. The van der Waals surface area contributed by atoms with Crippen molar-refractivity contribution in [2.45, 2.75) is 24.2 Å². The minimum atomic E-state index is -3.66. The Bertz CT molecular complexity index is 644. The second-order valence-corrected chi connectivity index (χ2v) is 7.82. The number of aromatic carboxylic acids is 1. The van der Waals surface area contributed by atoms with Crippen molar-refractivity contribution in [3.05, 3.63) is 16.3 Å². The van der Waals surface area contributed by atoms with Gasteiger partial charge in [0, 0.05) is 24.9 Å². The molecule has 1 aliphatic heterocycles. The summed E-state index contributed by atoms with van der Waals surface area (Å²) in [5.74, 6) is -1.40. The maximum Gasteiger partial charge on any atom is 0.345 e. The van der Waals surface area contributed by atoms with E-state index in [1.165, 1.54) is 15.8 Å². The first-order valence-corrected chi connectivity index (χ1v) is 8.73. The van der Waals surface area contributed by atoms with Crippen molar-refractivity contribution in [2.24, 2.45) is 11.7 Å². The minimum absolute atomic E-state index is 0.00260. The topological polar surface area (TPSA) is 118 Å². The van der Waals surface area contributed by atoms with Gasteiger partial charge in [0.2, 0.25) is 15.9 Å². The molecule has 1 saturated heterocycles. The molecule has 2 heterocycles. The highest BCUT2D eigenvalue weighted by molar-refractivity contribution is 7.89. The van der Waals surface area contributed by atoms with E-state index in [1.54, 1.807) is 0 Å². The molecule has 9 heteroatoms. The Morgan fingerprint density at radius 2 is 2.00 bits per heavy atom. The van der Waals surface area contributed by atoms with Gasteiger partial charge in [-0.25, -0.2) is 13.2 Å². The maximum atomic E-state index is 12.4. The summed E-state index contributed by atoms with van der Waals surface area (Å²) in [5, 5.41) is 10.2. The molecular formula is C12H16N2O5S2. The van der Waals surface area contributed by atoms with Crippen LogP contribution in [0.1, 0.15) is 28.9 Å². The average Bonchev–Trinajstić information content (AvgIpc) is 2.89. The molecule has 0 aliphatic carbocycles. The predicted molar refractivity (Wildman–Crippen MR) is 76.6 cm³/mol. The van der Waals surface area contributed by atoms with Crippen LogP contribution in [0.4, 0.5) is 0 Å². The lowest BCUT2D eigenvalue weighted by Crippen LogP contribution is -2.39. The Balaban J connectivity index is 2.07. The smallest absolute Gasteiger partial charge is 0.345 e. The number of sulfonamides is 1. The molecule has 0 saturated carbocycles. The number of thiophene rings is 1. The highest BCUT2D eigenvalue weighted by Gasteiger charge is 2.30. The van der Waals surface area contributed by atoms with E-state index in [2.05, 4.69) is 0 Å². The van der Waals surface area contributed by atoms with Gasteiger partial charge in [-0.15, -0.1) is 11.3 Å². The van der Waals surface area contributed by atoms with Gasteiger partial charge in [-0.1, -0.05) is 0 Å². The van der Waals surface area contributed by atoms with E-state index in [1.807, 2.05) is 0 Å². The summed E-state index contributed by atoms with van der Waals surface area (Å²) >= 11 is 0.891. The summed E-state index contributed by atoms with van der Waals surface area (Å²) in [6.07, 6.45) is 1.44. The van der Waals surface area contributed by atoms with Gasteiger partial charge in [-0.2, -0.15) is 4.31 Å². The number of nitrogens with two attached hydrogens (primary N) is 1. The van der Waals surface area contributed by atoms with Gasteiger partial charge >= 0.3 is 5.97 Å². The summed E-state index contributed by atoms with van der Waals surface area (Å²) in [5.41, 5.74) is 5.14. The fourth-order valence-corrected chi connectivity index (χ4v) is 4.92. The van der Waals surface area contributed by atoms with Crippen LogP contribution in [-0.4, -0.2) is 42.8 Å². The van der Waals surface area contributed by atoms with Crippen LogP contribution in [0.3, 0.4) is 0 Å². The number of amides is 1. The van der Waals surface area contributed by atoms with Crippen molar-refractivity contribution < 1.29 is 23.1 Å². The summed E-state index contributed by atoms with van der Waals surface area (Å²) < 4.78 is 26.1.